The summed E-state index contributed by atoms with van der Waals surface area (Å²) in [5.74, 6) is -0.453. The van der Waals surface area contributed by atoms with Gasteiger partial charge in [0, 0.05) is 0 Å². The lowest BCUT2D eigenvalue weighted by Gasteiger charge is -2.39. The first-order valence-corrected chi connectivity index (χ1v) is 4.57. The minimum absolute atomic E-state index is 0.191. The van der Waals surface area contributed by atoms with Gasteiger partial charge in [0.1, 0.15) is 18.3 Å². The van der Waals surface area contributed by atoms with Crippen LogP contribution >= 0.6 is 15.9 Å². The van der Waals surface area contributed by atoms with E-state index in [0.717, 1.165) is 0 Å². The van der Waals surface area contributed by atoms with E-state index in [2.05, 4.69) is 15.9 Å². The highest BCUT2D eigenvalue weighted by Crippen LogP contribution is 2.32. The standard InChI is InChI=1S/C7H11BrO5/c1-3(9)7(8)6(12)5(11)4(10)2-13-7/h4-6,10-12H,2H2,1H3/t4-,5+,6-,7?/m1/s1. The first-order valence-electron chi connectivity index (χ1n) is 3.77. The molecule has 1 aliphatic rings. The van der Waals surface area contributed by atoms with Crippen LogP contribution < -0.4 is 0 Å². The number of ether oxygens (including phenoxy) is 1. The summed E-state index contributed by atoms with van der Waals surface area (Å²) in [6, 6.07) is 0. The highest BCUT2D eigenvalue weighted by atomic mass is 79.9. The molecular weight excluding hydrogens is 244 g/mol. The monoisotopic (exact) mass is 254 g/mol. The maximum absolute atomic E-state index is 11.1. The van der Waals surface area contributed by atoms with Gasteiger partial charge in [0.05, 0.1) is 6.61 Å². The van der Waals surface area contributed by atoms with Crippen molar-refractivity contribution in [1.29, 1.82) is 0 Å². The van der Waals surface area contributed by atoms with Gasteiger partial charge in [-0.3, -0.25) is 4.79 Å². The third kappa shape index (κ3) is 1.77. The number of aliphatic hydroxyl groups excluding tert-OH is 3. The van der Waals surface area contributed by atoms with E-state index in [1.165, 1.54) is 6.92 Å². The lowest BCUT2D eigenvalue weighted by atomic mass is 9.98. The molecule has 1 unspecified atom stereocenters. The van der Waals surface area contributed by atoms with Gasteiger partial charge in [-0.1, -0.05) is 0 Å². The van der Waals surface area contributed by atoms with Crippen LogP contribution in [0.25, 0.3) is 0 Å². The Morgan fingerprint density at radius 1 is 1.54 bits per heavy atom. The van der Waals surface area contributed by atoms with E-state index in [4.69, 9.17) is 9.84 Å². The van der Waals surface area contributed by atoms with Gasteiger partial charge < -0.3 is 20.1 Å². The largest absolute Gasteiger partial charge is 0.388 e. The molecule has 0 aliphatic carbocycles. The van der Waals surface area contributed by atoms with Crippen LogP contribution in [0.2, 0.25) is 0 Å². The van der Waals surface area contributed by atoms with Crippen molar-refractivity contribution in [1.82, 2.24) is 0 Å². The number of halogens is 1. The van der Waals surface area contributed by atoms with Crippen molar-refractivity contribution in [2.24, 2.45) is 0 Å². The van der Waals surface area contributed by atoms with E-state index in [0.29, 0.717) is 0 Å². The average Bonchev–Trinajstić information content (AvgIpc) is 2.08. The smallest absolute Gasteiger partial charge is 0.209 e. The van der Waals surface area contributed by atoms with E-state index in [1.54, 1.807) is 0 Å². The molecule has 1 rings (SSSR count). The SMILES string of the molecule is CC(=O)C1(Br)OC[C@@H](O)[C@H](O)[C@H]1O. The van der Waals surface area contributed by atoms with E-state index >= 15 is 0 Å². The highest BCUT2D eigenvalue weighted by molar-refractivity contribution is 9.10. The molecule has 1 heterocycles. The molecule has 0 spiro atoms. The van der Waals surface area contributed by atoms with Crippen molar-refractivity contribution in [2.45, 2.75) is 29.7 Å². The molecule has 76 valence electrons. The van der Waals surface area contributed by atoms with Gasteiger partial charge in [-0.2, -0.15) is 0 Å². The molecule has 5 nitrogen and oxygen atoms in total. The summed E-state index contributed by atoms with van der Waals surface area (Å²) in [4.78, 5) is 11.1. The Morgan fingerprint density at radius 3 is 2.54 bits per heavy atom. The fourth-order valence-corrected chi connectivity index (χ4v) is 1.53. The predicted octanol–water partition coefficient (Wildman–Crippen LogP) is -1.22. The van der Waals surface area contributed by atoms with Crippen LogP contribution in [-0.4, -0.2) is 50.5 Å². The minimum atomic E-state index is -1.59. The zero-order valence-corrected chi connectivity index (χ0v) is 8.56. The summed E-state index contributed by atoms with van der Waals surface area (Å²) < 4.78 is 3.34. The van der Waals surface area contributed by atoms with E-state index in [1.807, 2.05) is 0 Å². The maximum Gasteiger partial charge on any atom is 0.209 e. The van der Waals surface area contributed by atoms with Crippen molar-refractivity contribution >= 4 is 21.7 Å². The van der Waals surface area contributed by atoms with Crippen molar-refractivity contribution in [3.8, 4) is 0 Å². The number of Topliss-reactive ketones (excluding diaryl/α,β-unsaturated/α-hetero) is 1. The minimum Gasteiger partial charge on any atom is -0.388 e. The number of alkyl halides is 1. The zero-order chi connectivity index (χ0) is 10.2. The van der Waals surface area contributed by atoms with E-state index in [9.17, 15) is 15.0 Å². The molecule has 0 aromatic carbocycles. The molecule has 0 aromatic heterocycles. The molecule has 6 heteroatoms. The van der Waals surface area contributed by atoms with Crippen LogP contribution in [0, 0.1) is 0 Å². The molecule has 4 atom stereocenters. The molecule has 0 saturated carbocycles. The molecule has 0 amide bonds. The predicted molar refractivity (Wildman–Crippen MR) is 46.3 cm³/mol. The Hall–Kier alpha value is -0.0100. The topological polar surface area (TPSA) is 87.0 Å². The van der Waals surface area contributed by atoms with Gasteiger partial charge in [-0.25, -0.2) is 0 Å². The Morgan fingerprint density at radius 2 is 2.08 bits per heavy atom. The molecule has 0 radical (unpaired) electrons. The number of rotatable bonds is 1. The third-order valence-electron chi connectivity index (χ3n) is 2.04. The Bertz CT molecular complexity index is 221. The van der Waals surface area contributed by atoms with Crippen LogP contribution in [0.1, 0.15) is 6.92 Å². The lowest BCUT2D eigenvalue weighted by Crippen LogP contribution is -2.60. The van der Waals surface area contributed by atoms with Crippen molar-refractivity contribution in [3.05, 3.63) is 0 Å². The van der Waals surface area contributed by atoms with Crippen LogP contribution in [0.5, 0.6) is 0 Å². The van der Waals surface area contributed by atoms with Gasteiger partial charge >= 0.3 is 0 Å². The maximum atomic E-state index is 11.1. The Kier molecular flexibility index (Phi) is 3.09. The van der Waals surface area contributed by atoms with Gasteiger partial charge in [-0.15, -0.1) is 0 Å². The number of hydrogen-bond donors (Lipinski definition) is 3. The summed E-state index contributed by atoms with van der Waals surface area (Å²) in [5.41, 5.74) is 0. The molecule has 0 bridgehead atoms. The summed E-state index contributed by atoms with van der Waals surface area (Å²) in [5, 5.41) is 27.8. The molecule has 1 saturated heterocycles. The Balaban J connectivity index is 2.85. The van der Waals surface area contributed by atoms with Crippen molar-refractivity contribution in [2.75, 3.05) is 6.61 Å². The third-order valence-corrected chi connectivity index (χ3v) is 3.30. The van der Waals surface area contributed by atoms with Gasteiger partial charge in [-0.05, 0) is 22.9 Å². The van der Waals surface area contributed by atoms with Gasteiger partial charge in [0.2, 0.25) is 4.51 Å². The molecule has 1 fully saturated rings. The van der Waals surface area contributed by atoms with Crippen LogP contribution in [0.4, 0.5) is 0 Å². The molecule has 1 aliphatic heterocycles. The normalized spacial score (nSPS) is 46.1. The second-order valence-corrected chi connectivity index (χ2v) is 4.19. The average molecular weight is 255 g/mol. The fraction of sp³-hybridized carbons (Fsp3) is 0.857. The first kappa shape index (κ1) is 11.1. The second kappa shape index (κ2) is 3.62. The van der Waals surface area contributed by atoms with E-state index in [-0.39, 0.29) is 6.61 Å². The molecule has 3 N–H and O–H groups in total. The van der Waals surface area contributed by atoms with Crippen molar-refractivity contribution in [3.63, 3.8) is 0 Å². The Labute approximate surface area is 83.4 Å². The van der Waals surface area contributed by atoms with Gasteiger partial charge in [0.25, 0.3) is 0 Å². The zero-order valence-electron chi connectivity index (χ0n) is 6.98. The number of hydrogen-bond acceptors (Lipinski definition) is 5. The number of carbonyl (C=O) groups excluding carboxylic acids is 1. The van der Waals surface area contributed by atoms with E-state index < -0.39 is 28.6 Å². The number of ketones is 1. The number of aliphatic hydroxyl groups is 3. The summed E-state index contributed by atoms with van der Waals surface area (Å²) in [6.07, 6.45) is -4.01. The summed E-state index contributed by atoms with van der Waals surface area (Å²) >= 11 is 2.90. The molecular formula is C7H11BrO5. The second-order valence-electron chi connectivity index (χ2n) is 3.01. The number of carbonyl (C=O) groups is 1. The summed E-state index contributed by atoms with van der Waals surface area (Å²) in [6.45, 7) is 1.03. The van der Waals surface area contributed by atoms with Crippen LogP contribution in [0.15, 0.2) is 0 Å². The molecule has 13 heavy (non-hydrogen) atoms. The quantitative estimate of drug-likeness (QED) is 0.511. The summed E-state index contributed by atoms with van der Waals surface area (Å²) in [7, 11) is 0. The fourth-order valence-electron chi connectivity index (χ4n) is 1.13. The van der Waals surface area contributed by atoms with Crippen molar-refractivity contribution < 1.29 is 24.9 Å². The van der Waals surface area contributed by atoms with Crippen LogP contribution in [-0.2, 0) is 9.53 Å². The van der Waals surface area contributed by atoms with Gasteiger partial charge in [0.15, 0.2) is 5.78 Å². The molecule has 0 aromatic rings. The first-order chi connectivity index (χ1) is 5.89. The van der Waals surface area contributed by atoms with Crippen LogP contribution in [0.3, 0.4) is 0 Å². The highest BCUT2D eigenvalue weighted by Gasteiger charge is 2.51. The lowest BCUT2D eigenvalue weighted by molar-refractivity contribution is -0.198.